The van der Waals surface area contributed by atoms with Crippen molar-refractivity contribution >= 4 is 27.0 Å². The van der Waals surface area contributed by atoms with Gasteiger partial charge < -0.3 is 0 Å². The third-order valence-electron chi connectivity index (χ3n) is 3.82. The molecule has 2 aromatic rings. The fraction of sp³-hybridized carbons (Fsp3) is 0.0476. The molecule has 0 saturated carbocycles. The first-order chi connectivity index (χ1) is 13.0. The summed E-state index contributed by atoms with van der Waals surface area (Å²) in [6.45, 7) is 0. The average molecular weight is 376 g/mol. The lowest BCUT2D eigenvalue weighted by Crippen LogP contribution is -2.07. The van der Waals surface area contributed by atoms with Crippen LogP contribution in [0.15, 0.2) is 89.6 Å². The highest BCUT2D eigenvalue weighted by molar-refractivity contribution is 7.85. The summed E-state index contributed by atoms with van der Waals surface area (Å²) in [6, 6.07) is 21.0. The summed E-state index contributed by atoms with van der Waals surface area (Å²) < 4.78 is 27.2. The first-order valence-corrected chi connectivity index (χ1v) is 9.91. The van der Waals surface area contributed by atoms with E-state index in [1.54, 1.807) is 12.2 Å². The van der Waals surface area contributed by atoms with E-state index in [1.165, 1.54) is 0 Å². The topological polar surface area (TPSA) is 79.5 Å². The predicted molar refractivity (Wildman–Crippen MR) is 106 cm³/mol. The van der Waals surface area contributed by atoms with Crippen LogP contribution in [0.1, 0.15) is 11.1 Å². The Morgan fingerprint density at radius 1 is 1.00 bits per heavy atom. The van der Waals surface area contributed by atoms with Gasteiger partial charge in [0, 0.05) is 5.57 Å². The molecule has 0 aromatic heterocycles. The van der Waals surface area contributed by atoms with Gasteiger partial charge in [-0.15, -0.1) is 0 Å². The Balaban J connectivity index is 2.14. The molecule has 0 fully saturated rings. The summed E-state index contributed by atoms with van der Waals surface area (Å²) in [7, 11) is -3.72. The van der Waals surface area contributed by atoms with Crippen LogP contribution in [0.25, 0.3) is 11.1 Å². The zero-order valence-electron chi connectivity index (χ0n) is 14.5. The largest absolute Gasteiger partial charge is 0.325 e. The van der Waals surface area contributed by atoms with Gasteiger partial charge in [-0.3, -0.25) is 4.28 Å². The van der Waals surface area contributed by atoms with E-state index < -0.39 is 10.1 Å². The molecule has 0 spiro atoms. The SMILES string of the molecule is CS(=O)(=O)O/N=C1C=C/C(=C(\C#N)c2ccccc2)C=C\1c1ccccc1. The van der Waals surface area contributed by atoms with Crippen molar-refractivity contribution in [3.63, 3.8) is 0 Å². The molecule has 0 radical (unpaired) electrons. The summed E-state index contributed by atoms with van der Waals surface area (Å²) in [5, 5.41) is 13.4. The van der Waals surface area contributed by atoms with Crippen LogP contribution in [0, 0.1) is 11.3 Å². The standard InChI is InChI=1S/C21H16N2O3S/c1-27(24,25)26-23-21-13-12-18(14-19(21)16-8-4-2-5-9-16)20(15-22)17-10-6-3-7-11-17/h2-14H,1H3/b20-18-,23-21+. The van der Waals surface area contributed by atoms with Crippen LogP contribution in [0.3, 0.4) is 0 Å². The van der Waals surface area contributed by atoms with Crippen LogP contribution in [0.5, 0.6) is 0 Å². The van der Waals surface area contributed by atoms with Crippen LogP contribution in [0.4, 0.5) is 0 Å². The number of rotatable bonds is 4. The monoisotopic (exact) mass is 376 g/mol. The van der Waals surface area contributed by atoms with Gasteiger partial charge >= 0.3 is 10.1 Å². The first kappa shape index (κ1) is 18.4. The van der Waals surface area contributed by atoms with Gasteiger partial charge in [0.1, 0.15) is 11.8 Å². The zero-order chi connectivity index (χ0) is 19.3. The maximum atomic E-state index is 11.3. The van der Waals surface area contributed by atoms with Crippen molar-refractivity contribution in [1.29, 1.82) is 5.26 Å². The van der Waals surface area contributed by atoms with Crippen LogP contribution < -0.4 is 0 Å². The minimum absolute atomic E-state index is 0.362. The summed E-state index contributed by atoms with van der Waals surface area (Å²) in [5.41, 5.74) is 3.89. The van der Waals surface area contributed by atoms with Gasteiger partial charge in [0.25, 0.3) is 0 Å². The fourth-order valence-corrected chi connectivity index (χ4v) is 2.84. The van der Waals surface area contributed by atoms with Crippen molar-refractivity contribution in [3.05, 3.63) is 95.6 Å². The number of nitrogens with zero attached hydrogens (tertiary/aromatic N) is 2. The molecule has 27 heavy (non-hydrogen) atoms. The normalized spacial score (nSPS) is 17.2. The number of oxime groups is 1. The van der Waals surface area contributed by atoms with Gasteiger partial charge in [-0.05, 0) is 28.9 Å². The molecule has 0 N–H and O–H groups in total. The number of benzene rings is 2. The van der Waals surface area contributed by atoms with Gasteiger partial charge in [-0.2, -0.15) is 13.7 Å². The quantitative estimate of drug-likeness (QED) is 0.598. The number of allylic oxidation sites excluding steroid dienone is 6. The Kier molecular flexibility index (Phi) is 5.34. The van der Waals surface area contributed by atoms with Crippen LogP contribution in [-0.4, -0.2) is 20.4 Å². The van der Waals surface area contributed by atoms with E-state index in [0.717, 1.165) is 17.4 Å². The lowest BCUT2D eigenvalue weighted by Gasteiger charge is -2.14. The van der Waals surface area contributed by atoms with Gasteiger partial charge in [-0.25, -0.2) is 0 Å². The van der Waals surface area contributed by atoms with Gasteiger partial charge in [0.2, 0.25) is 0 Å². The Morgan fingerprint density at radius 2 is 1.63 bits per heavy atom. The van der Waals surface area contributed by atoms with E-state index in [4.69, 9.17) is 0 Å². The molecule has 0 atom stereocenters. The van der Waals surface area contributed by atoms with E-state index >= 15 is 0 Å². The van der Waals surface area contributed by atoms with E-state index in [2.05, 4.69) is 15.5 Å². The minimum Gasteiger partial charge on any atom is -0.268 e. The second kappa shape index (κ2) is 7.85. The van der Waals surface area contributed by atoms with Crippen molar-refractivity contribution in [2.24, 2.45) is 5.16 Å². The first-order valence-electron chi connectivity index (χ1n) is 8.10. The van der Waals surface area contributed by atoms with Crippen molar-refractivity contribution in [3.8, 4) is 6.07 Å². The maximum absolute atomic E-state index is 11.3. The summed E-state index contributed by atoms with van der Waals surface area (Å²) in [5.74, 6) is 0. The highest BCUT2D eigenvalue weighted by atomic mass is 32.2. The lowest BCUT2D eigenvalue weighted by atomic mass is 9.90. The van der Waals surface area contributed by atoms with E-state index in [9.17, 15) is 13.7 Å². The smallest absolute Gasteiger partial charge is 0.268 e. The third-order valence-corrected chi connectivity index (χ3v) is 4.16. The van der Waals surface area contributed by atoms with Crippen molar-refractivity contribution in [2.45, 2.75) is 0 Å². The van der Waals surface area contributed by atoms with Crippen LogP contribution in [0.2, 0.25) is 0 Å². The molecule has 0 bridgehead atoms. The molecule has 134 valence electrons. The molecule has 0 heterocycles. The molecule has 0 aliphatic heterocycles. The van der Waals surface area contributed by atoms with Gasteiger partial charge in [0.15, 0.2) is 0 Å². The van der Waals surface area contributed by atoms with E-state index in [-0.39, 0.29) is 0 Å². The molecule has 1 aliphatic rings. The van der Waals surface area contributed by atoms with Crippen molar-refractivity contribution in [1.82, 2.24) is 0 Å². The molecule has 1 aliphatic carbocycles. The zero-order valence-corrected chi connectivity index (χ0v) is 15.3. The molecule has 5 nitrogen and oxygen atoms in total. The second-order valence-electron chi connectivity index (χ2n) is 5.82. The molecule has 0 saturated heterocycles. The number of hydrogen-bond donors (Lipinski definition) is 0. The Hall–Kier alpha value is -3.43. The Morgan fingerprint density at radius 3 is 2.22 bits per heavy atom. The Labute approximate surface area is 158 Å². The van der Waals surface area contributed by atoms with Crippen molar-refractivity contribution in [2.75, 3.05) is 6.26 Å². The molecule has 6 heteroatoms. The van der Waals surface area contributed by atoms with Crippen molar-refractivity contribution < 1.29 is 12.7 Å². The summed E-state index contributed by atoms with van der Waals surface area (Å²) >= 11 is 0. The summed E-state index contributed by atoms with van der Waals surface area (Å²) in [4.78, 5) is 0. The van der Waals surface area contributed by atoms with E-state index in [1.807, 2.05) is 66.7 Å². The average Bonchev–Trinajstić information content (AvgIpc) is 2.68. The fourth-order valence-electron chi connectivity index (χ4n) is 2.63. The highest BCUT2D eigenvalue weighted by Gasteiger charge is 2.17. The van der Waals surface area contributed by atoms with Crippen LogP contribution in [-0.2, 0) is 14.4 Å². The molecule has 0 amide bonds. The van der Waals surface area contributed by atoms with Gasteiger partial charge in [-0.1, -0.05) is 71.9 Å². The van der Waals surface area contributed by atoms with Gasteiger partial charge in [0.05, 0.1) is 11.8 Å². The molecular formula is C21H16N2O3S. The predicted octanol–water partition coefficient (Wildman–Crippen LogP) is 3.95. The minimum atomic E-state index is -3.72. The maximum Gasteiger partial charge on any atom is 0.325 e. The number of nitriles is 1. The molecule has 2 aromatic carbocycles. The molecule has 0 unspecified atom stereocenters. The molecular weight excluding hydrogens is 360 g/mol. The second-order valence-corrected chi connectivity index (χ2v) is 7.38. The number of hydrogen-bond acceptors (Lipinski definition) is 5. The molecule has 3 rings (SSSR count). The van der Waals surface area contributed by atoms with E-state index in [0.29, 0.717) is 22.4 Å². The van der Waals surface area contributed by atoms with Crippen LogP contribution >= 0.6 is 0 Å². The highest BCUT2D eigenvalue weighted by Crippen LogP contribution is 2.29. The third kappa shape index (κ3) is 4.60. The lowest BCUT2D eigenvalue weighted by molar-refractivity contribution is 0.344. The summed E-state index contributed by atoms with van der Waals surface area (Å²) in [6.07, 6.45) is 6.11. The Bertz CT molecular complexity index is 1110.